The van der Waals surface area contributed by atoms with Crippen molar-refractivity contribution in [2.75, 3.05) is 6.54 Å². The molecule has 2 N–H and O–H groups in total. The molecule has 0 saturated heterocycles. The van der Waals surface area contributed by atoms with Crippen LogP contribution in [0.4, 0.5) is 13.2 Å². The van der Waals surface area contributed by atoms with Crippen LogP contribution < -0.4 is 10.6 Å². The van der Waals surface area contributed by atoms with Gasteiger partial charge in [0.1, 0.15) is 12.2 Å². The average Bonchev–Trinajstić information content (AvgIpc) is 3.41. The van der Waals surface area contributed by atoms with E-state index in [9.17, 15) is 13.2 Å². The van der Waals surface area contributed by atoms with Crippen LogP contribution in [0, 0.1) is 0 Å². The molecule has 160 valence electrons. The van der Waals surface area contributed by atoms with Crippen molar-refractivity contribution in [2.24, 2.45) is 4.99 Å². The number of aliphatic imine (C=N–C) groups is 1. The number of hydrogen-bond acceptors (Lipinski definition) is 4. The summed E-state index contributed by atoms with van der Waals surface area (Å²) in [6.45, 7) is 3.96. The van der Waals surface area contributed by atoms with E-state index in [1.807, 2.05) is 29.0 Å². The van der Waals surface area contributed by atoms with Gasteiger partial charge in [-0.15, -0.1) is 21.5 Å². The van der Waals surface area contributed by atoms with Crippen LogP contribution in [0.1, 0.15) is 28.8 Å². The molecule has 0 aliphatic heterocycles. The zero-order valence-electron chi connectivity index (χ0n) is 16.5. The Balaban J connectivity index is 1.65. The number of nitrogens with one attached hydrogen (secondary N) is 2. The Morgan fingerprint density at radius 2 is 2.07 bits per heavy atom. The fraction of sp³-hybridized carbons (Fsp3) is 0.350. The monoisotopic (exact) mass is 436 g/mol. The van der Waals surface area contributed by atoms with E-state index in [2.05, 4.69) is 25.8 Å². The molecule has 3 aromatic rings. The van der Waals surface area contributed by atoms with Crippen LogP contribution in [-0.4, -0.2) is 27.3 Å². The first-order chi connectivity index (χ1) is 14.5. The molecule has 1 aromatic carbocycles. The minimum atomic E-state index is -4.37. The highest BCUT2D eigenvalue weighted by Gasteiger charge is 2.30. The SMILES string of the molecule is CCc1nncn1CCNC(=NCc1cccc(C(F)(F)F)c1)NCc1cccs1. The quantitative estimate of drug-likeness (QED) is 0.416. The van der Waals surface area contributed by atoms with Gasteiger partial charge in [-0.25, -0.2) is 4.99 Å². The van der Waals surface area contributed by atoms with Crippen molar-refractivity contribution >= 4 is 17.3 Å². The van der Waals surface area contributed by atoms with Crippen LogP contribution in [0.3, 0.4) is 0 Å². The highest BCUT2D eigenvalue weighted by molar-refractivity contribution is 7.09. The summed E-state index contributed by atoms with van der Waals surface area (Å²) >= 11 is 1.62. The normalized spacial score (nSPS) is 12.2. The number of aryl methyl sites for hydroxylation is 1. The fourth-order valence-corrected chi connectivity index (χ4v) is 3.45. The van der Waals surface area contributed by atoms with Crippen molar-refractivity contribution in [3.8, 4) is 0 Å². The van der Waals surface area contributed by atoms with E-state index in [4.69, 9.17) is 0 Å². The third-order valence-corrected chi connectivity index (χ3v) is 5.22. The molecule has 10 heteroatoms. The summed E-state index contributed by atoms with van der Waals surface area (Å²) in [5.41, 5.74) is -0.176. The molecule has 6 nitrogen and oxygen atoms in total. The van der Waals surface area contributed by atoms with Crippen molar-refractivity contribution in [3.05, 3.63) is 69.9 Å². The topological polar surface area (TPSA) is 67.1 Å². The summed E-state index contributed by atoms with van der Waals surface area (Å²) in [5, 5.41) is 16.4. The molecule has 0 amide bonds. The summed E-state index contributed by atoms with van der Waals surface area (Å²) in [5.74, 6) is 1.43. The van der Waals surface area contributed by atoms with Gasteiger partial charge in [0.05, 0.1) is 18.7 Å². The Morgan fingerprint density at radius 1 is 1.20 bits per heavy atom. The van der Waals surface area contributed by atoms with Crippen LogP contribution in [0.5, 0.6) is 0 Å². The number of rotatable bonds is 8. The van der Waals surface area contributed by atoms with Gasteiger partial charge >= 0.3 is 6.18 Å². The van der Waals surface area contributed by atoms with Gasteiger partial charge < -0.3 is 15.2 Å². The van der Waals surface area contributed by atoms with Gasteiger partial charge in [-0.3, -0.25) is 0 Å². The molecule has 3 rings (SSSR count). The Morgan fingerprint density at radius 3 is 2.80 bits per heavy atom. The molecule has 0 spiro atoms. The average molecular weight is 437 g/mol. The molecule has 0 unspecified atom stereocenters. The van der Waals surface area contributed by atoms with Crippen LogP contribution in [-0.2, 0) is 32.2 Å². The lowest BCUT2D eigenvalue weighted by atomic mass is 10.1. The number of alkyl halides is 3. The first-order valence-corrected chi connectivity index (χ1v) is 10.4. The Kier molecular flexibility index (Phi) is 7.45. The molecule has 2 aromatic heterocycles. The summed E-state index contributed by atoms with van der Waals surface area (Å²) in [6, 6.07) is 9.20. The molecular formula is C20H23F3N6S. The van der Waals surface area contributed by atoms with E-state index < -0.39 is 11.7 Å². The molecular weight excluding hydrogens is 413 g/mol. The number of halogens is 3. The van der Waals surface area contributed by atoms with Crippen LogP contribution in [0.25, 0.3) is 0 Å². The minimum Gasteiger partial charge on any atom is -0.355 e. The first kappa shape index (κ1) is 21.8. The third-order valence-electron chi connectivity index (χ3n) is 4.34. The van der Waals surface area contributed by atoms with Crippen LogP contribution in [0.15, 0.2) is 53.1 Å². The second-order valence-corrected chi connectivity index (χ2v) is 7.55. The smallest absolute Gasteiger partial charge is 0.355 e. The summed E-state index contributed by atoms with van der Waals surface area (Å²) in [6.07, 6.45) is -1.90. The zero-order chi connectivity index (χ0) is 21.4. The number of hydrogen-bond donors (Lipinski definition) is 2. The van der Waals surface area contributed by atoms with Crippen molar-refractivity contribution in [1.29, 1.82) is 0 Å². The molecule has 0 atom stereocenters. The van der Waals surface area contributed by atoms with E-state index in [1.165, 1.54) is 6.07 Å². The van der Waals surface area contributed by atoms with Gasteiger partial charge in [0.25, 0.3) is 0 Å². The van der Waals surface area contributed by atoms with E-state index >= 15 is 0 Å². The van der Waals surface area contributed by atoms with Gasteiger partial charge in [-0.2, -0.15) is 13.2 Å². The maximum absolute atomic E-state index is 12.9. The molecule has 0 fully saturated rings. The largest absolute Gasteiger partial charge is 0.416 e. The fourth-order valence-electron chi connectivity index (χ4n) is 2.81. The predicted octanol–water partition coefficient (Wildman–Crippen LogP) is 3.86. The van der Waals surface area contributed by atoms with Gasteiger partial charge in [-0.1, -0.05) is 25.1 Å². The van der Waals surface area contributed by atoms with E-state index in [0.29, 0.717) is 31.2 Å². The Bertz CT molecular complexity index is 950. The predicted molar refractivity (Wildman–Crippen MR) is 111 cm³/mol. The molecule has 0 aliphatic carbocycles. The van der Waals surface area contributed by atoms with Gasteiger partial charge in [0, 0.05) is 24.4 Å². The summed E-state index contributed by atoms with van der Waals surface area (Å²) < 4.78 is 40.8. The number of guanidine groups is 1. The lowest BCUT2D eigenvalue weighted by Crippen LogP contribution is -2.38. The Labute approximate surface area is 176 Å². The van der Waals surface area contributed by atoms with E-state index in [0.717, 1.165) is 29.3 Å². The molecule has 0 aliphatic rings. The number of aromatic nitrogens is 3. The lowest BCUT2D eigenvalue weighted by molar-refractivity contribution is -0.137. The van der Waals surface area contributed by atoms with E-state index in [1.54, 1.807) is 23.7 Å². The first-order valence-electron chi connectivity index (χ1n) is 9.53. The van der Waals surface area contributed by atoms with Gasteiger partial charge in [0.15, 0.2) is 5.96 Å². The van der Waals surface area contributed by atoms with E-state index in [-0.39, 0.29) is 6.54 Å². The molecule has 0 radical (unpaired) electrons. The number of nitrogens with zero attached hydrogens (tertiary/aromatic N) is 4. The van der Waals surface area contributed by atoms with Crippen molar-refractivity contribution in [2.45, 2.75) is 39.2 Å². The molecule has 2 heterocycles. The minimum absolute atomic E-state index is 0.135. The highest BCUT2D eigenvalue weighted by atomic mass is 32.1. The van der Waals surface area contributed by atoms with Crippen molar-refractivity contribution in [3.63, 3.8) is 0 Å². The highest BCUT2D eigenvalue weighted by Crippen LogP contribution is 2.29. The molecule has 0 bridgehead atoms. The van der Waals surface area contributed by atoms with Crippen LogP contribution >= 0.6 is 11.3 Å². The van der Waals surface area contributed by atoms with Crippen LogP contribution in [0.2, 0.25) is 0 Å². The van der Waals surface area contributed by atoms with Crippen molar-refractivity contribution < 1.29 is 13.2 Å². The number of thiophene rings is 1. The second kappa shape index (κ2) is 10.2. The zero-order valence-corrected chi connectivity index (χ0v) is 17.3. The lowest BCUT2D eigenvalue weighted by Gasteiger charge is -2.13. The second-order valence-electron chi connectivity index (χ2n) is 6.52. The van der Waals surface area contributed by atoms with Crippen molar-refractivity contribution in [1.82, 2.24) is 25.4 Å². The third kappa shape index (κ3) is 6.31. The maximum atomic E-state index is 12.9. The maximum Gasteiger partial charge on any atom is 0.416 e. The summed E-state index contributed by atoms with van der Waals surface area (Å²) in [4.78, 5) is 5.60. The Hall–Kier alpha value is -2.88. The molecule has 30 heavy (non-hydrogen) atoms. The molecule has 0 saturated carbocycles. The van der Waals surface area contributed by atoms with Gasteiger partial charge in [-0.05, 0) is 29.1 Å². The summed E-state index contributed by atoms with van der Waals surface area (Å²) in [7, 11) is 0. The standard InChI is InChI=1S/C20H23F3N6S/c1-2-18-28-27-14-29(18)9-8-24-19(26-13-17-7-4-10-30-17)25-12-15-5-3-6-16(11-15)20(21,22)23/h3-7,10-11,14H,2,8-9,12-13H2,1H3,(H2,24,25,26). The number of benzene rings is 1. The van der Waals surface area contributed by atoms with Gasteiger partial charge in [0.2, 0.25) is 0 Å².